The van der Waals surface area contributed by atoms with Crippen LogP contribution in [0.1, 0.15) is 43.8 Å². The number of nitrogens with zero attached hydrogens (tertiary/aromatic N) is 4. The molecule has 28 heavy (non-hydrogen) atoms. The Hall–Kier alpha value is -2.11. The van der Waals surface area contributed by atoms with Gasteiger partial charge in [0, 0.05) is 27.0 Å². The van der Waals surface area contributed by atoms with Crippen LogP contribution in [0.3, 0.4) is 0 Å². The summed E-state index contributed by atoms with van der Waals surface area (Å²) in [7, 11) is 0. The standard InChI is InChI=1S/C20H21N4O3.W/c1-4-17-13(2)20(3,27-18(25)14-8-6-5-7-9-14)19(26-17)24-12-21-15-10-22-23-11-16(15)24;/h5-9,11-13,17,19H,4H2,1-3H3;/q-1;/t13-,17-,19-,20-;/m1./s1. The van der Waals surface area contributed by atoms with E-state index in [1.165, 1.54) is 0 Å². The fraction of sp³-hybridized carbons (Fsp3) is 0.400. The first-order valence-corrected chi connectivity index (χ1v) is 9.04. The van der Waals surface area contributed by atoms with Crippen LogP contribution >= 0.6 is 0 Å². The summed E-state index contributed by atoms with van der Waals surface area (Å²) in [5.41, 5.74) is 0.975. The number of aromatic nitrogens is 4. The number of hydrogen-bond donors (Lipinski definition) is 0. The average Bonchev–Trinajstić information content (AvgIpc) is 3.22. The Kier molecular flexibility index (Phi) is 5.96. The van der Waals surface area contributed by atoms with E-state index in [1.54, 1.807) is 24.7 Å². The second-order valence-electron chi connectivity index (χ2n) is 7.01. The Morgan fingerprint density at radius 2 is 2.11 bits per heavy atom. The van der Waals surface area contributed by atoms with Gasteiger partial charge in [-0.15, -0.1) is 0 Å². The zero-order chi connectivity index (χ0) is 19.0. The van der Waals surface area contributed by atoms with Crippen molar-refractivity contribution in [2.45, 2.75) is 45.1 Å². The van der Waals surface area contributed by atoms with Crippen LogP contribution in [-0.4, -0.2) is 37.4 Å². The summed E-state index contributed by atoms with van der Waals surface area (Å²) in [6.07, 6.45) is 6.30. The fourth-order valence-electron chi connectivity index (χ4n) is 3.71. The number of hydrogen-bond acceptors (Lipinski definition) is 6. The van der Waals surface area contributed by atoms with Crippen LogP contribution in [-0.2, 0) is 30.5 Å². The molecule has 2 aromatic heterocycles. The monoisotopic (exact) mass is 549 g/mol. The number of carbonyl (C=O) groups is 1. The van der Waals surface area contributed by atoms with Crippen LogP contribution in [0.2, 0.25) is 0 Å². The summed E-state index contributed by atoms with van der Waals surface area (Å²) in [6, 6.07) is 8.99. The van der Waals surface area contributed by atoms with Crippen molar-refractivity contribution >= 4 is 17.0 Å². The van der Waals surface area contributed by atoms with E-state index in [2.05, 4.69) is 35.2 Å². The van der Waals surface area contributed by atoms with Gasteiger partial charge in [-0.2, -0.15) is 5.10 Å². The molecule has 1 fully saturated rings. The Bertz CT molecular complexity index is 964. The van der Waals surface area contributed by atoms with Crippen LogP contribution < -0.4 is 0 Å². The van der Waals surface area contributed by atoms with Gasteiger partial charge >= 0.3 is 5.97 Å². The molecule has 4 atom stereocenters. The van der Waals surface area contributed by atoms with Gasteiger partial charge < -0.3 is 14.0 Å². The normalized spacial score (nSPS) is 26.8. The molecule has 0 bridgehead atoms. The third-order valence-electron chi connectivity index (χ3n) is 5.46. The molecule has 146 valence electrons. The van der Waals surface area contributed by atoms with Gasteiger partial charge in [-0.05, 0) is 31.7 Å². The average molecular weight is 549 g/mol. The number of rotatable bonds is 4. The number of ether oxygens (including phenoxy) is 2. The van der Waals surface area contributed by atoms with Gasteiger partial charge in [-0.25, -0.2) is 4.79 Å². The molecule has 0 aliphatic carbocycles. The molecule has 1 saturated heterocycles. The molecule has 0 radical (unpaired) electrons. The molecule has 0 N–H and O–H groups in total. The van der Waals surface area contributed by atoms with Gasteiger partial charge in [0.1, 0.15) is 0 Å². The van der Waals surface area contributed by atoms with Crippen LogP contribution in [0.4, 0.5) is 0 Å². The summed E-state index contributed by atoms with van der Waals surface area (Å²) < 4.78 is 14.2. The van der Waals surface area contributed by atoms with Crippen molar-refractivity contribution < 1.29 is 35.3 Å². The number of esters is 1. The zero-order valence-electron chi connectivity index (χ0n) is 15.9. The number of imidazole rings is 1. The maximum Gasteiger partial charge on any atom is 0.338 e. The van der Waals surface area contributed by atoms with Crippen molar-refractivity contribution in [2.24, 2.45) is 5.92 Å². The van der Waals surface area contributed by atoms with E-state index in [9.17, 15) is 4.79 Å². The Balaban J connectivity index is 0.00000225. The maximum absolute atomic E-state index is 12.8. The van der Waals surface area contributed by atoms with Gasteiger partial charge in [-0.1, -0.05) is 49.3 Å². The molecule has 3 aromatic rings. The molecule has 1 aliphatic heterocycles. The molecule has 7 nitrogen and oxygen atoms in total. The van der Waals surface area contributed by atoms with Crippen LogP contribution in [0, 0.1) is 12.1 Å². The molecule has 0 saturated carbocycles. The van der Waals surface area contributed by atoms with Crippen molar-refractivity contribution in [1.82, 2.24) is 19.7 Å². The van der Waals surface area contributed by atoms with Crippen molar-refractivity contribution in [3.63, 3.8) is 0 Å². The molecule has 1 aromatic carbocycles. The fourth-order valence-corrected chi connectivity index (χ4v) is 3.71. The zero-order valence-corrected chi connectivity index (χ0v) is 18.8. The minimum absolute atomic E-state index is 0. The molecule has 0 spiro atoms. The third-order valence-corrected chi connectivity index (χ3v) is 5.46. The molecule has 3 heterocycles. The first-order chi connectivity index (χ1) is 13.0. The molecule has 8 heteroatoms. The molecule has 0 amide bonds. The van der Waals surface area contributed by atoms with Crippen LogP contribution in [0.25, 0.3) is 11.0 Å². The van der Waals surface area contributed by atoms with Gasteiger partial charge in [0.25, 0.3) is 0 Å². The van der Waals surface area contributed by atoms with E-state index in [4.69, 9.17) is 9.47 Å². The molecular formula is C20H21N4O3W-. The van der Waals surface area contributed by atoms with Crippen molar-refractivity contribution in [1.29, 1.82) is 0 Å². The second-order valence-corrected chi connectivity index (χ2v) is 7.01. The van der Waals surface area contributed by atoms with Gasteiger partial charge in [0.05, 0.1) is 18.0 Å². The van der Waals surface area contributed by atoms with Crippen LogP contribution in [0.15, 0.2) is 42.9 Å². The van der Waals surface area contributed by atoms with E-state index in [-0.39, 0.29) is 39.1 Å². The largest absolute Gasteiger partial charge is 0.451 e. The Labute approximate surface area is 177 Å². The van der Waals surface area contributed by atoms with Crippen molar-refractivity contribution in [3.05, 3.63) is 54.6 Å². The first-order valence-electron chi connectivity index (χ1n) is 9.04. The third kappa shape index (κ3) is 3.38. The summed E-state index contributed by atoms with van der Waals surface area (Å²) in [6.45, 7) is 6.04. The van der Waals surface area contributed by atoms with Crippen molar-refractivity contribution in [2.75, 3.05) is 0 Å². The molecule has 1 aliphatic rings. The van der Waals surface area contributed by atoms with Crippen molar-refractivity contribution in [3.8, 4) is 0 Å². The van der Waals surface area contributed by atoms with E-state index in [0.717, 1.165) is 11.9 Å². The van der Waals surface area contributed by atoms with E-state index < -0.39 is 11.8 Å². The minimum atomic E-state index is -0.871. The second kappa shape index (κ2) is 8.09. The quantitative estimate of drug-likeness (QED) is 0.368. The van der Waals surface area contributed by atoms with E-state index in [1.807, 2.05) is 29.7 Å². The maximum atomic E-state index is 12.8. The van der Waals surface area contributed by atoms with E-state index in [0.29, 0.717) is 11.1 Å². The predicted octanol–water partition coefficient (Wildman–Crippen LogP) is 3.18. The number of carbonyl (C=O) groups excluding carboxylic acids is 1. The first kappa shape index (κ1) is 20.6. The summed E-state index contributed by atoms with van der Waals surface area (Å²) in [5.74, 6) is -0.373. The predicted molar refractivity (Wildman–Crippen MR) is 97.8 cm³/mol. The number of benzene rings is 1. The number of fused-ring (bicyclic) bond motifs is 1. The molecule has 0 unspecified atom stereocenters. The van der Waals surface area contributed by atoms with Gasteiger partial charge in [-0.3, -0.25) is 10.1 Å². The minimum Gasteiger partial charge on any atom is -0.451 e. The SMILES string of the molecule is CC[C@H]1O[C@@H](n2cnc3[c-]nncc32)[C@](C)(OC(=O)c2ccccc2)[C@@H]1C.[W]. The Morgan fingerprint density at radius 1 is 1.36 bits per heavy atom. The summed E-state index contributed by atoms with van der Waals surface area (Å²) in [4.78, 5) is 17.1. The molecule has 4 rings (SSSR count). The van der Waals surface area contributed by atoms with Gasteiger partial charge in [0.15, 0.2) is 11.8 Å². The summed E-state index contributed by atoms with van der Waals surface area (Å²) in [5, 5.41) is 7.65. The Morgan fingerprint density at radius 3 is 2.82 bits per heavy atom. The van der Waals surface area contributed by atoms with E-state index >= 15 is 0 Å². The topological polar surface area (TPSA) is 79.1 Å². The van der Waals surface area contributed by atoms with Crippen LogP contribution in [0.5, 0.6) is 0 Å². The molecular weight excluding hydrogens is 528 g/mol. The summed E-state index contributed by atoms with van der Waals surface area (Å²) >= 11 is 0. The van der Waals surface area contributed by atoms with Gasteiger partial charge in [0.2, 0.25) is 0 Å². The smallest absolute Gasteiger partial charge is 0.338 e.